The molecule has 10 nitrogen and oxygen atoms in total. The van der Waals surface area contributed by atoms with Crippen molar-refractivity contribution >= 4 is 46.1 Å². The third-order valence-electron chi connectivity index (χ3n) is 10.1. The van der Waals surface area contributed by atoms with E-state index in [0.717, 1.165) is 40.3 Å². The van der Waals surface area contributed by atoms with Gasteiger partial charge >= 0.3 is 35.5 Å². The molecule has 3 aliphatic rings. The molecule has 0 aliphatic carbocycles. The second kappa shape index (κ2) is 14.2. The van der Waals surface area contributed by atoms with Crippen LogP contribution in [0.5, 0.6) is 0 Å². The van der Waals surface area contributed by atoms with E-state index in [2.05, 4.69) is 18.4 Å². The second-order valence-corrected chi connectivity index (χ2v) is 16.8. The van der Waals surface area contributed by atoms with Crippen LogP contribution in [0.25, 0.3) is 0 Å². The number of quaternary nitrogens is 1. The van der Waals surface area contributed by atoms with E-state index < -0.39 is 39.9 Å². The largest absolute Gasteiger partial charge is 1.00 e. The number of fused-ring (bicyclic) bond motifs is 3. The minimum atomic E-state index is -4.71. The smallest absolute Gasteiger partial charge is 0.775 e. The summed E-state index contributed by atoms with van der Waals surface area (Å²) in [6.07, 6.45) is 12.5. The van der Waals surface area contributed by atoms with Crippen molar-refractivity contribution < 1.29 is 71.4 Å². The van der Waals surface area contributed by atoms with E-state index in [0.29, 0.717) is 38.8 Å². The fourth-order valence-corrected chi connectivity index (χ4v) is 9.70. The van der Waals surface area contributed by atoms with Crippen LogP contribution < -0.4 is 44.2 Å². The molecule has 252 valence electrons. The van der Waals surface area contributed by atoms with Crippen LogP contribution in [0.2, 0.25) is 0 Å². The molecule has 3 aliphatic heterocycles. The molecule has 5 rings (SSSR count). The summed E-state index contributed by atoms with van der Waals surface area (Å²) in [7, 11) is -9.30. The molecular weight excluding hydrogens is 662 g/mol. The van der Waals surface area contributed by atoms with Gasteiger partial charge in [-0.25, -0.2) is 12.9 Å². The molecule has 13 heteroatoms. The predicted molar refractivity (Wildman–Crippen MR) is 180 cm³/mol. The predicted octanol–water partition coefficient (Wildman–Crippen LogP) is 1.84. The molecule has 0 aromatic heterocycles. The van der Waals surface area contributed by atoms with Crippen molar-refractivity contribution in [3.8, 4) is 0 Å². The van der Waals surface area contributed by atoms with Crippen LogP contribution >= 0.6 is 7.60 Å². The minimum Gasteiger partial charge on any atom is -0.775 e. The Balaban J connectivity index is 0.00000520. The number of hydrogen-bond donors (Lipinski definition) is 2. The normalized spacial score (nSPS) is 24.7. The van der Waals surface area contributed by atoms with Gasteiger partial charge in [-0.2, -0.15) is 4.58 Å². The maximum Gasteiger partial charge on any atom is 1.00 e. The van der Waals surface area contributed by atoms with E-state index in [-0.39, 0.29) is 45.8 Å². The van der Waals surface area contributed by atoms with Crippen LogP contribution in [-0.4, -0.2) is 57.7 Å². The average Bonchev–Trinajstić information content (AvgIpc) is 3.57. The summed E-state index contributed by atoms with van der Waals surface area (Å²) >= 11 is 0. The van der Waals surface area contributed by atoms with Crippen LogP contribution in [-0.2, 0) is 30.3 Å². The third kappa shape index (κ3) is 7.04. The molecule has 0 radical (unpaired) electrons. The number of nitrogens with zero attached hydrogens (tertiary/aromatic N) is 2. The van der Waals surface area contributed by atoms with E-state index in [4.69, 9.17) is 5.11 Å². The van der Waals surface area contributed by atoms with Crippen LogP contribution in [0.4, 0.5) is 11.4 Å². The molecule has 0 bridgehead atoms. The zero-order valence-corrected chi connectivity index (χ0v) is 32.0. The number of rotatable bonds is 11. The summed E-state index contributed by atoms with van der Waals surface area (Å²) in [4.78, 5) is 32.7. The maximum absolute atomic E-state index is 12.6. The van der Waals surface area contributed by atoms with Gasteiger partial charge in [0, 0.05) is 54.3 Å². The minimum absolute atomic E-state index is 0. The molecule has 0 saturated carbocycles. The topological polar surface area (TPSA) is 158 Å². The molecule has 0 amide bonds. The van der Waals surface area contributed by atoms with E-state index >= 15 is 0 Å². The van der Waals surface area contributed by atoms with Gasteiger partial charge in [-0.1, -0.05) is 36.4 Å². The summed E-state index contributed by atoms with van der Waals surface area (Å²) in [5.74, 6) is -0.833. The van der Waals surface area contributed by atoms with Gasteiger partial charge in [-0.3, -0.25) is 4.79 Å². The Hall–Kier alpha value is -2.18. The second-order valence-electron chi connectivity index (χ2n) is 13.7. The molecule has 3 unspecified atom stereocenters. The standard InChI is InChI=1S/C35H43N2O8PS.Na/c1-34(2)27-24-25(46(40,41)42)20-21-28(27)36(22-12-6-9-19-33(38)39)30(34)16-7-5-8-17-31-35(3,4)26-14-10-11-15-29(26)37(31)23-13-18-32(37)47(43,44)45;/h5,7-8,10-11,14-17,20-21,24,32H,6,9,12-13,18-19,22-23H2,1-4H3,(H2-2,38,39,40,41,42,43,44,45);/q;+1/b8-5+,16-7+,31-17+;. The number of aliphatic carboxylic acids is 1. The maximum atomic E-state index is 12.6. The first-order valence-electron chi connectivity index (χ1n) is 16.0. The molecule has 3 atom stereocenters. The Labute approximate surface area is 305 Å². The summed E-state index contributed by atoms with van der Waals surface area (Å²) in [5.41, 5.74) is 4.10. The quantitative estimate of drug-likeness (QED) is 0.0683. The van der Waals surface area contributed by atoms with E-state index in [1.165, 1.54) is 12.1 Å². The number of allylic oxidation sites excluding steroid dienone is 6. The number of hydrogen-bond acceptors (Lipinski definition) is 6. The summed E-state index contributed by atoms with van der Waals surface area (Å²) in [6.45, 7) is 9.22. The van der Waals surface area contributed by atoms with Gasteiger partial charge in [0.05, 0.1) is 17.4 Å². The Kier molecular flexibility index (Phi) is 11.4. The molecule has 48 heavy (non-hydrogen) atoms. The zero-order chi connectivity index (χ0) is 34.4. The number of benzene rings is 2. The van der Waals surface area contributed by atoms with Crippen molar-refractivity contribution in [1.29, 1.82) is 0 Å². The van der Waals surface area contributed by atoms with Crippen LogP contribution in [0, 0.1) is 0 Å². The Bertz CT molecular complexity index is 1880. The monoisotopic (exact) mass is 705 g/mol. The molecule has 3 heterocycles. The zero-order valence-electron chi connectivity index (χ0n) is 28.3. The Morgan fingerprint density at radius 2 is 1.75 bits per heavy atom. The summed E-state index contributed by atoms with van der Waals surface area (Å²) < 4.78 is 51.9. The third-order valence-corrected chi connectivity index (χ3v) is 12.3. The molecule has 1 fully saturated rings. The van der Waals surface area contributed by atoms with Crippen LogP contribution in [0.1, 0.15) is 77.3 Å². The number of carboxylic acid groups (broad SMARTS) is 1. The van der Waals surface area contributed by atoms with Crippen LogP contribution in [0.3, 0.4) is 0 Å². The van der Waals surface area contributed by atoms with Crippen molar-refractivity contribution in [2.45, 2.75) is 82.4 Å². The SMILES string of the molecule is CC1(C)C(/C=C/C=C/C=C2\C(C)(C)c3ccccc3[N+]23CCCC3S(=O)(=O)[O-])=[N+](CCCCCC(=O)O)c2ccc(P(=O)([O-])O)cc21.[Na+]. The number of unbranched alkanes of at least 4 members (excludes halogenated alkanes) is 2. The van der Waals surface area contributed by atoms with Gasteiger partial charge < -0.3 is 24.0 Å². The average molecular weight is 706 g/mol. The van der Waals surface area contributed by atoms with Crippen LogP contribution in [0.15, 0.2) is 78.5 Å². The number of carboxylic acids is 1. The van der Waals surface area contributed by atoms with Crippen molar-refractivity contribution in [2.75, 3.05) is 13.1 Å². The molecule has 2 N–H and O–H groups in total. The van der Waals surface area contributed by atoms with Gasteiger partial charge in [-0.05, 0) is 64.8 Å². The number of carbonyl (C=O) groups is 1. The first-order valence-corrected chi connectivity index (χ1v) is 19.0. The molecule has 1 saturated heterocycles. The van der Waals surface area contributed by atoms with Gasteiger partial charge in [-0.15, -0.1) is 0 Å². The van der Waals surface area contributed by atoms with Crippen molar-refractivity contribution in [3.63, 3.8) is 0 Å². The first kappa shape index (κ1) is 38.6. The van der Waals surface area contributed by atoms with E-state index in [1.54, 1.807) is 6.07 Å². The van der Waals surface area contributed by atoms with Gasteiger partial charge in [0.1, 0.15) is 17.9 Å². The summed E-state index contributed by atoms with van der Waals surface area (Å²) in [5, 5.41) is 7.76. The molecule has 1 spiro atoms. The number of para-hydroxylation sites is 1. The van der Waals surface area contributed by atoms with E-state index in [9.17, 15) is 32.1 Å². The Morgan fingerprint density at radius 1 is 1.04 bits per heavy atom. The fourth-order valence-electron chi connectivity index (χ4n) is 7.91. The summed E-state index contributed by atoms with van der Waals surface area (Å²) in [6, 6.07) is 12.4. The van der Waals surface area contributed by atoms with Crippen molar-refractivity contribution in [2.24, 2.45) is 0 Å². The van der Waals surface area contributed by atoms with E-state index in [1.807, 2.05) is 68.5 Å². The molecule has 2 aromatic rings. The van der Waals surface area contributed by atoms with Crippen molar-refractivity contribution in [3.05, 3.63) is 89.7 Å². The first-order chi connectivity index (χ1) is 21.9. The van der Waals surface area contributed by atoms with Gasteiger partial charge in [0.2, 0.25) is 5.69 Å². The van der Waals surface area contributed by atoms with Crippen molar-refractivity contribution in [1.82, 2.24) is 4.48 Å². The fraction of sp³-hybridized carbons (Fsp3) is 0.429. The molecule has 2 aromatic carbocycles. The van der Waals surface area contributed by atoms with Gasteiger partial charge in [0.15, 0.2) is 28.8 Å². The Morgan fingerprint density at radius 3 is 2.42 bits per heavy atom. The van der Waals surface area contributed by atoms with Gasteiger partial charge in [0.25, 0.3) is 0 Å². The molecular formula is C35H43N2NaO8PS+.